The molecule has 0 saturated carbocycles. The number of carbonyl (C=O) groups excluding carboxylic acids is 1. The summed E-state index contributed by atoms with van der Waals surface area (Å²) in [5.74, 6) is 0.399. The van der Waals surface area contributed by atoms with Gasteiger partial charge in [0.05, 0.1) is 11.1 Å². The molecule has 9 heteroatoms. The molecule has 1 aromatic carbocycles. The molecule has 1 unspecified atom stereocenters. The number of benzene rings is 1. The van der Waals surface area contributed by atoms with Crippen LogP contribution in [0.4, 0.5) is 10.5 Å². The molecule has 1 aromatic heterocycles. The molecule has 2 fully saturated rings. The number of urea groups is 1. The van der Waals surface area contributed by atoms with Gasteiger partial charge in [0.25, 0.3) is 0 Å². The summed E-state index contributed by atoms with van der Waals surface area (Å²) in [4.78, 5) is 18.3. The van der Waals surface area contributed by atoms with Crippen molar-refractivity contribution in [3.63, 3.8) is 0 Å². The van der Waals surface area contributed by atoms with Gasteiger partial charge in [0, 0.05) is 49.7 Å². The summed E-state index contributed by atoms with van der Waals surface area (Å²) in [6.07, 6.45) is 5.66. The summed E-state index contributed by atoms with van der Waals surface area (Å²) in [6.45, 7) is 5.55. The molecule has 154 valence electrons. The smallest absolute Gasteiger partial charge is 0.324 e. The Labute approximate surface area is 175 Å². The maximum Gasteiger partial charge on any atom is 0.324 e. The quantitative estimate of drug-likeness (QED) is 0.397. The molecule has 4 rings (SSSR count). The fourth-order valence-corrected chi connectivity index (χ4v) is 4.96. The first-order chi connectivity index (χ1) is 14.0. The second-order valence-corrected chi connectivity index (χ2v) is 8.97. The highest BCUT2D eigenvalue weighted by Gasteiger charge is 2.36. The molecule has 3 heterocycles. The van der Waals surface area contributed by atoms with Crippen molar-refractivity contribution in [2.24, 2.45) is 11.7 Å². The molecule has 0 aliphatic carbocycles. The van der Waals surface area contributed by atoms with Crippen molar-refractivity contribution in [2.75, 3.05) is 31.1 Å². The van der Waals surface area contributed by atoms with E-state index in [0.717, 1.165) is 43.1 Å². The third-order valence-corrected chi connectivity index (χ3v) is 6.58. The maximum absolute atomic E-state index is 13.3. The molecule has 8 nitrogen and oxygen atoms in total. The van der Waals surface area contributed by atoms with Gasteiger partial charge in [0.2, 0.25) is 0 Å². The number of nitrogens with two attached hydrogens (primary N) is 1. The lowest BCUT2D eigenvalue weighted by atomic mass is 10.00. The zero-order valence-electron chi connectivity index (χ0n) is 16.5. The largest absolute Gasteiger partial charge is 0.384 e. The van der Waals surface area contributed by atoms with Gasteiger partial charge in [-0.25, -0.2) is 9.10 Å². The Balaban J connectivity index is 1.43. The van der Waals surface area contributed by atoms with Crippen molar-refractivity contribution in [1.29, 1.82) is 5.41 Å². The molecular formula is C20H27N7OS. The molecule has 2 aliphatic heterocycles. The molecule has 2 amide bonds. The topological polar surface area (TPSA) is 105 Å². The highest BCUT2D eigenvalue weighted by atomic mass is 32.2. The Hall–Kier alpha value is -2.52. The van der Waals surface area contributed by atoms with Gasteiger partial charge < -0.3 is 10.6 Å². The number of hydrogen-bond acceptors (Lipinski definition) is 5. The van der Waals surface area contributed by atoms with Crippen LogP contribution in [0.5, 0.6) is 0 Å². The van der Waals surface area contributed by atoms with Crippen molar-refractivity contribution >= 4 is 29.5 Å². The number of nitrogens with zero attached hydrogens (tertiary/aromatic N) is 4. The molecule has 29 heavy (non-hydrogen) atoms. The number of nitrogens with one attached hydrogen (secondary N) is 2. The Morgan fingerprint density at radius 1 is 1.31 bits per heavy atom. The Morgan fingerprint density at radius 3 is 2.79 bits per heavy atom. The highest BCUT2D eigenvalue weighted by Crippen LogP contribution is 2.30. The first-order valence-corrected chi connectivity index (χ1v) is 10.7. The summed E-state index contributed by atoms with van der Waals surface area (Å²) >= 11 is 1.72. The van der Waals surface area contributed by atoms with Crippen molar-refractivity contribution in [1.82, 2.24) is 19.4 Å². The van der Waals surface area contributed by atoms with Gasteiger partial charge in [-0.15, -0.1) is 0 Å². The molecule has 0 spiro atoms. The zero-order chi connectivity index (χ0) is 20.4. The van der Waals surface area contributed by atoms with Crippen molar-refractivity contribution in [3.05, 3.63) is 42.2 Å². The number of hydrogen-bond donors (Lipinski definition) is 3. The van der Waals surface area contributed by atoms with Crippen LogP contribution in [-0.2, 0) is 0 Å². The van der Waals surface area contributed by atoms with E-state index < -0.39 is 0 Å². The average molecular weight is 414 g/mol. The fraction of sp³-hybridized carbons (Fsp3) is 0.450. The van der Waals surface area contributed by atoms with Gasteiger partial charge in [-0.05, 0) is 42.8 Å². The molecular weight excluding hydrogens is 386 g/mol. The number of piperidine rings is 1. The van der Waals surface area contributed by atoms with E-state index in [1.807, 2.05) is 35.5 Å². The second-order valence-electron chi connectivity index (χ2n) is 7.80. The average Bonchev–Trinajstić information content (AvgIpc) is 3.23. The molecule has 2 aromatic rings. The van der Waals surface area contributed by atoms with Crippen LogP contribution in [0.25, 0.3) is 0 Å². The van der Waals surface area contributed by atoms with Crippen molar-refractivity contribution in [3.8, 4) is 0 Å². The first kappa shape index (κ1) is 19.8. The van der Waals surface area contributed by atoms with Crippen LogP contribution in [0.3, 0.4) is 0 Å². The van der Waals surface area contributed by atoms with Gasteiger partial charge in [0.15, 0.2) is 0 Å². The van der Waals surface area contributed by atoms with E-state index in [-0.39, 0.29) is 17.9 Å². The van der Waals surface area contributed by atoms with Crippen molar-refractivity contribution in [2.45, 2.75) is 30.7 Å². The van der Waals surface area contributed by atoms with E-state index in [2.05, 4.69) is 26.3 Å². The van der Waals surface area contributed by atoms with Gasteiger partial charge in [-0.3, -0.25) is 15.4 Å². The van der Waals surface area contributed by atoms with Crippen molar-refractivity contribution < 1.29 is 4.79 Å². The monoisotopic (exact) mass is 413 g/mol. The Morgan fingerprint density at radius 2 is 2.10 bits per heavy atom. The van der Waals surface area contributed by atoms with Crippen LogP contribution in [0.2, 0.25) is 0 Å². The Kier molecular flexibility index (Phi) is 5.77. The lowest BCUT2D eigenvalue weighted by Gasteiger charge is -2.45. The summed E-state index contributed by atoms with van der Waals surface area (Å²) in [5.41, 5.74) is 7.09. The molecule has 0 bridgehead atoms. The number of carbonyl (C=O) groups is 1. The number of rotatable bonds is 5. The standard InChI is InChI=1S/C20H27N7OS/c1-14-12-26(16-5-7-25(8-6-16)29-18-10-23-24-11-18)20(28)27(13-14)17-4-2-3-15(9-17)19(21)22/h2-4,9-11,14,16H,5-8,12-13H2,1H3,(H3,21,22)(H,23,24). The lowest BCUT2D eigenvalue weighted by molar-refractivity contribution is 0.129. The second kappa shape index (κ2) is 8.46. The summed E-state index contributed by atoms with van der Waals surface area (Å²) in [6, 6.07) is 7.73. The number of amidine groups is 1. The van der Waals surface area contributed by atoms with Gasteiger partial charge in [-0.1, -0.05) is 19.1 Å². The summed E-state index contributed by atoms with van der Waals surface area (Å²) in [5, 5.41) is 14.5. The molecule has 2 saturated heterocycles. The minimum atomic E-state index is 0.0173. The predicted molar refractivity (Wildman–Crippen MR) is 115 cm³/mol. The Bertz CT molecular complexity index is 863. The normalized spacial score (nSPS) is 21.6. The van der Waals surface area contributed by atoms with E-state index in [1.165, 1.54) is 0 Å². The fourth-order valence-electron chi connectivity index (χ4n) is 4.06. The SMILES string of the molecule is CC1CN(c2cccc(C(=N)N)c2)C(=O)N(C2CCN(Sc3cn[nH]c3)CC2)C1. The van der Waals surface area contributed by atoms with Gasteiger partial charge in [0.1, 0.15) is 5.84 Å². The lowest BCUT2D eigenvalue weighted by Crippen LogP contribution is -2.58. The van der Waals surface area contributed by atoms with E-state index in [4.69, 9.17) is 11.1 Å². The number of amides is 2. The predicted octanol–water partition coefficient (Wildman–Crippen LogP) is 2.74. The first-order valence-electron chi connectivity index (χ1n) is 9.95. The third kappa shape index (κ3) is 4.40. The van der Waals surface area contributed by atoms with Gasteiger partial charge >= 0.3 is 6.03 Å². The van der Waals surface area contributed by atoms with Crippen LogP contribution in [-0.4, -0.2) is 63.5 Å². The molecule has 1 atom stereocenters. The molecule has 0 radical (unpaired) electrons. The molecule has 4 N–H and O–H groups in total. The van der Waals surface area contributed by atoms with Crippen LogP contribution >= 0.6 is 11.9 Å². The van der Waals surface area contributed by atoms with Crippen LogP contribution in [0, 0.1) is 11.3 Å². The molecule has 2 aliphatic rings. The van der Waals surface area contributed by atoms with E-state index >= 15 is 0 Å². The minimum absolute atomic E-state index is 0.0173. The number of nitrogen functional groups attached to an aromatic ring is 1. The van der Waals surface area contributed by atoms with E-state index in [1.54, 1.807) is 18.0 Å². The van der Waals surface area contributed by atoms with Crippen LogP contribution in [0.15, 0.2) is 41.6 Å². The summed E-state index contributed by atoms with van der Waals surface area (Å²) < 4.78 is 2.34. The van der Waals surface area contributed by atoms with Crippen LogP contribution in [0.1, 0.15) is 25.3 Å². The maximum atomic E-state index is 13.3. The number of aromatic amines is 1. The third-order valence-electron chi connectivity index (χ3n) is 5.52. The number of H-pyrrole nitrogens is 1. The van der Waals surface area contributed by atoms with E-state index in [9.17, 15) is 4.79 Å². The van der Waals surface area contributed by atoms with E-state index in [0.29, 0.717) is 18.0 Å². The number of anilines is 1. The minimum Gasteiger partial charge on any atom is -0.384 e. The number of aromatic nitrogens is 2. The zero-order valence-corrected chi connectivity index (χ0v) is 17.4. The highest BCUT2D eigenvalue weighted by molar-refractivity contribution is 7.97. The van der Waals surface area contributed by atoms with Crippen LogP contribution < -0.4 is 10.6 Å². The summed E-state index contributed by atoms with van der Waals surface area (Å²) in [7, 11) is 0. The van der Waals surface area contributed by atoms with Gasteiger partial charge in [-0.2, -0.15) is 5.10 Å².